The first-order valence-corrected chi connectivity index (χ1v) is 16.1. The number of nitrogens with zero attached hydrogens (tertiary/aromatic N) is 1. The molecule has 0 fully saturated rings. The summed E-state index contributed by atoms with van der Waals surface area (Å²) in [5, 5.41) is 17.4. The number of sulfonamides is 1. The van der Waals surface area contributed by atoms with E-state index in [0.29, 0.717) is 25.1 Å². The number of ether oxygens (including phenoxy) is 2. The molecule has 246 valence electrons. The molecule has 3 aromatic rings. The third-order valence-electron chi connectivity index (χ3n) is 7.29. The number of methoxy groups -OCH3 is 1. The van der Waals surface area contributed by atoms with Crippen molar-refractivity contribution in [3.63, 3.8) is 0 Å². The number of carbonyl (C=O) groups excluding carboxylic acids is 2. The molecule has 2 aromatic carbocycles. The fourth-order valence-corrected chi connectivity index (χ4v) is 6.13. The zero-order valence-corrected chi connectivity index (χ0v) is 27.2. The fraction of sp³-hybridized carbons (Fsp3) is 0.438. The number of carbonyl (C=O) groups is 2. The van der Waals surface area contributed by atoms with E-state index in [2.05, 4.69) is 15.4 Å². The van der Waals surface area contributed by atoms with Gasteiger partial charge in [-0.15, -0.1) is 0 Å². The molecule has 3 amide bonds. The maximum atomic E-state index is 13.6. The third kappa shape index (κ3) is 11.4. The Bertz CT molecular complexity index is 1450. The van der Waals surface area contributed by atoms with E-state index in [1.807, 2.05) is 44.2 Å². The summed E-state index contributed by atoms with van der Waals surface area (Å²) in [5.74, 6) is 0.677. The molecule has 4 N–H and O–H groups in total. The maximum Gasteiger partial charge on any atom is 0.413 e. The van der Waals surface area contributed by atoms with Crippen molar-refractivity contribution in [2.24, 2.45) is 5.41 Å². The Kier molecular flexibility index (Phi) is 12.8. The van der Waals surface area contributed by atoms with Crippen LogP contribution in [0.5, 0.6) is 11.5 Å². The van der Waals surface area contributed by atoms with Crippen molar-refractivity contribution in [2.75, 3.05) is 27.7 Å². The summed E-state index contributed by atoms with van der Waals surface area (Å²) >= 11 is 0. The minimum Gasteiger partial charge on any atom is -0.497 e. The van der Waals surface area contributed by atoms with Crippen LogP contribution in [-0.4, -0.2) is 76.5 Å². The Hall–Kier alpha value is -4.07. The molecule has 0 spiro atoms. The van der Waals surface area contributed by atoms with Crippen molar-refractivity contribution in [2.45, 2.75) is 62.6 Å². The van der Waals surface area contributed by atoms with E-state index in [4.69, 9.17) is 13.9 Å². The van der Waals surface area contributed by atoms with Crippen LogP contribution in [0, 0.1) is 5.41 Å². The quantitative estimate of drug-likeness (QED) is 0.169. The second kappa shape index (κ2) is 16.3. The zero-order valence-electron chi connectivity index (χ0n) is 26.4. The Morgan fingerprint density at radius 3 is 2.29 bits per heavy atom. The number of benzene rings is 2. The molecule has 1 aromatic heterocycles. The van der Waals surface area contributed by atoms with Crippen LogP contribution < -0.4 is 24.8 Å². The van der Waals surface area contributed by atoms with E-state index >= 15 is 0 Å². The average molecular weight is 645 g/mol. The Morgan fingerprint density at radius 1 is 1.00 bits per heavy atom. The van der Waals surface area contributed by atoms with Gasteiger partial charge in [0.1, 0.15) is 12.0 Å². The van der Waals surface area contributed by atoms with Gasteiger partial charge in [0.15, 0.2) is 5.75 Å². The van der Waals surface area contributed by atoms with Gasteiger partial charge in [-0.1, -0.05) is 44.2 Å². The number of aliphatic hydroxyl groups is 1. The first-order valence-electron chi connectivity index (χ1n) is 14.6. The van der Waals surface area contributed by atoms with E-state index in [1.54, 1.807) is 14.1 Å². The van der Waals surface area contributed by atoms with E-state index < -0.39 is 39.7 Å². The van der Waals surface area contributed by atoms with Crippen LogP contribution in [-0.2, 0) is 16.4 Å². The van der Waals surface area contributed by atoms with Gasteiger partial charge < -0.3 is 34.5 Å². The Balaban J connectivity index is 1.88. The van der Waals surface area contributed by atoms with Gasteiger partial charge in [-0.05, 0) is 60.9 Å². The predicted octanol–water partition coefficient (Wildman–Crippen LogP) is 4.16. The lowest BCUT2D eigenvalue weighted by atomic mass is 9.79. The summed E-state index contributed by atoms with van der Waals surface area (Å²) in [6.45, 7) is 4.37. The summed E-state index contributed by atoms with van der Waals surface area (Å²) in [4.78, 5) is 26.3. The van der Waals surface area contributed by atoms with E-state index in [0.717, 1.165) is 5.56 Å². The van der Waals surface area contributed by atoms with Gasteiger partial charge in [-0.3, -0.25) is 0 Å². The zero-order chi connectivity index (χ0) is 33.0. The van der Waals surface area contributed by atoms with Crippen LogP contribution in [0.3, 0.4) is 0 Å². The van der Waals surface area contributed by atoms with Gasteiger partial charge in [-0.2, -0.15) is 0 Å². The predicted molar refractivity (Wildman–Crippen MR) is 170 cm³/mol. The van der Waals surface area contributed by atoms with Gasteiger partial charge in [0.25, 0.3) is 0 Å². The van der Waals surface area contributed by atoms with Crippen molar-refractivity contribution in [3.8, 4) is 11.5 Å². The van der Waals surface area contributed by atoms with Gasteiger partial charge >= 0.3 is 12.1 Å². The highest BCUT2D eigenvalue weighted by Crippen LogP contribution is 2.31. The number of aliphatic hydroxyl groups excluding tert-OH is 1. The standard InChI is InChI=1S/C32H44N4O8S/c1-32(2,17-9-18-33-30(38)36(3)4)21-28(35-45(40,41)26-14-12-24(42-5)13-15-26)29(37)27(20-23-10-7-6-8-11-23)34-31(39)44-25-16-19-43-22-25/h6-8,10-16,19,22,27-29,35,37H,9,17-18,20-21H2,1-5H3,(H,33,38)(H,34,39)/t27-,28?,29+/m0/s1. The molecule has 0 radical (unpaired) electrons. The summed E-state index contributed by atoms with van der Waals surface area (Å²) in [7, 11) is 0.693. The molecule has 3 atom stereocenters. The van der Waals surface area contributed by atoms with E-state index in [1.165, 1.54) is 54.9 Å². The minimum atomic E-state index is -4.11. The van der Waals surface area contributed by atoms with Crippen molar-refractivity contribution < 1.29 is 37.0 Å². The third-order valence-corrected chi connectivity index (χ3v) is 8.80. The molecule has 3 rings (SSSR count). The number of rotatable bonds is 16. The molecule has 45 heavy (non-hydrogen) atoms. The molecule has 1 heterocycles. The lowest BCUT2D eigenvalue weighted by molar-refractivity contribution is 0.0726. The first-order chi connectivity index (χ1) is 21.3. The van der Waals surface area contributed by atoms with Crippen molar-refractivity contribution >= 4 is 22.1 Å². The van der Waals surface area contributed by atoms with Crippen molar-refractivity contribution in [1.29, 1.82) is 0 Å². The van der Waals surface area contributed by atoms with Gasteiger partial charge in [-0.25, -0.2) is 22.7 Å². The largest absolute Gasteiger partial charge is 0.497 e. The first kappa shape index (κ1) is 35.4. The highest BCUT2D eigenvalue weighted by molar-refractivity contribution is 7.89. The molecule has 1 unspecified atom stereocenters. The van der Waals surface area contributed by atoms with Gasteiger partial charge in [0, 0.05) is 26.7 Å². The van der Waals surface area contributed by atoms with Crippen molar-refractivity contribution in [3.05, 3.63) is 78.8 Å². The van der Waals surface area contributed by atoms with E-state index in [-0.39, 0.29) is 29.5 Å². The fourth-order valence-electron chi connectivity index (χ4n) is 4.88. The Labute approximate surface area is 265 Å². The maximum absolute atomic E-state index is 13.6. The van der Waals surface area contributed by atoms with Gasteiger partial charge in [0.2, 0.25) is 10.0 Å². The van der Waals surface area contributed by atoms with Crippen LogP contribution in [0.1, 0.15) is 38.7 Å². The average Bonchev–Trinajstić information content (AvgIpc) is 3.51. The summed E-state index contributed by atoms with van der Waals surface area (Å²) < 4.78 is 45.4. The molecular weight excluding hydrogens is 600 g/mol. The number of furan rings is 1. The molecule has 12 nitrogen and oxygen atoms in total. The van der Waals surface area contributed by atoms with Crippen LogP contribution in [0.4, 0.5) is 9.59 Å². The summed E-state index contributed by atoms with van der Waals surface area (Å²) in [6, 6.07) is 14.5. The molecule has 0 saturated heterocycles. The van der Waals surface area contributed by atoms with Crippen LogP contribution in [0.25, 0.3) is 0 Å². The number of urea groups is 1. The normalized spacial score (nSPS) is 13.7. The monoisotopic (exact) mass is 644 g/mol. The van der Waals surface area contributed by atoms with Crippen LogP contribution >= 0.6 is 0 Å². The van der Waals surface area contributed by atoms with E-state index in [9.17, 15) is 23.1 Å². The Morgan fingerprint density at radius 2 is 1.69 bits per heavy atom. The smallest absolute Gasteiger partial charge is 0.413 e. The van der Waals surface area contributed by atoms with Crippen LogP contribution in [0.2, 0.25) is 0 Å². The van der Waals surface area contributed by atoms with Crippen LogP contribution in [0.15, 0.2) is 82.5 Å². The van der Waals surface area contributed by atoms with Gasteiger partial charge in [0.05, 0.1) is 36.5 Å². The minimum absolute atomic E-state index is 0.00311. The molecule has 0 aliphatic rings. The molecule has 0 bridgehead atoms. The lowest BCUT2D eigenvalue weighted by Gasteiger charge is -2.36. The number of nitrogens with one attached hydrogen (secondary N) is 3. The molecule has 0 aliphatic carbocycles. The second-order valence-corrected chi connectivity index (χ2v) is 13.5. The number of amides is 3. The molecular formula is C32H44N4O8S. The lowest BCUT2D eigenvalue weighted by Crippen LogP contribution is -2.56. The molecule has 0 saturated carbocycles. The topological polar surface area (TPSA) is 159 Å². The SMILES string of the molecule is COc1ccc(S(=O)(=O)NC(CC(C)(C)CCCNC(=O)N(C)C)[C@H](O)[C@H](Cc2ccccc2)NC(=O)Oc2ccoc2)cc1. The highest BCUT2D eigenvalue weighted by atomic mass is 32.2. The summed E-state index contributed by atoms with van der Waals surface area (Å²) in [5.41, 5.74) is 0.337. The number of hydrogen-bond donors (Lipinski definition) is 4. The molecule has 13 heteroatoms. The second-order valence-electron chi connectivity index (χ2n) is 11.8. The highest BCUT2D eigenvalue weighted by Gasteiger charge is 2.36. The summed E-state index contributed by atoms with van der Waals surface area (Å²) in [6.07, 6.45) is 2.08. The molecule has 0 aliphatic heterocycles. The van der Waals surface area contributed by atoms with Crippen molar-refractivity contribution in [1.82, 2.24) is 20.3 Å². The number of hydrogen-bond acceptors (Lipinski definition) is 8.